The molecule has 0 unspecified atom stereocenters. The van der Waals surface area contributed by atoms with Crippen LogP contribution in [0, 0.1) is 6.92 Å². The van der Waals surface area contributed by atoms with Gasteiger partial charge >= 0.3 is 5.97 Å². The van der Waals surface area contributed by atoms with Crippen molar-refractivity contribution in [2.45, 2.75) is 26.9 Å². The molecule has 0 saturated heterocycles. The van der Waals surface area contributed by atoms with Crippen LogP contribution in [0.2, 0.25) is 0 Å². The Morgan fingerprint density at radius 2 is 2.07 bits per heavy atom. The van der Waals surface area contributed by atoms with Crippen LogP contribution in [0.3, 0.4) is 0 Å². The van der Waals surface area contributed by atoms with Crippen molar-refractivity contribution >= 4 is 44.6 Å². The second-order valence-corrected chi connectivity index (χ2v) is 8.23. The fourth-order valence-electron chi connectivity index (χ4n) is 2.55. The lowest BCUT2D eigenvalue weighted by molar-refractivity contribution is -0.142. The number of rotatable bonds is 9. The van der Waals surface area contributed by atoms with Crippen molar-refractivity contribution in [3.8, 4) is 5.75 Å². The number of ether oxygens (including phenoxy) is 2. The molecule has 156 valence electrons. The largest absolute Gasteiger partial charge is 0.488 e. The molecule has 3 rings (SSSR count). The predicted octanol–water partition coefficient (Wildman–Crippen LogP) is 5.34. The normalized spacial score (nSPS) is 10.9. The van der Waals surface area contributed by atoms with Crippen molar-refractivity contribution in [3.63, 3.8) is 0 Å². The number of hydrazone groups is 1. The minimum absolute atomic E-state index is 0.151. The van der Waals surface area contributed by atoms with Crippen molar-refractivity contribution in [2.24, 2.45) is 5.10 Å². The van der Waals surface area contributed by atoms with Crippen LogP contribution in [0.1, 0.15) is 29.3 Å². The molecule has 0 amide bonds. The maximum Gasteiger partial charge on any atom is 0.311 e. The van der Waals surface area contributed by atoms with Gasteiger partial charge in [-0.15, -0.1) is 11.3 Å². The van der Waals surface area contributed by atoms with Gasteiger partial charge in [0.25, 0.3) is 0 Å². The van der Waals surface area contributed by atoms with E-state index < -0.39 is 0 Å². The maximum atomic E-state index is 11.5. The minimum atomic E-state index is -0.289. The highest BCUT2D eigenvalue weighted by Crippen LogP contribution is 2.23. The van der Waals surface area contributed by atoms with Gasteiger partial charge in [0.15, 0.2) is 0 Å². The van der Waals surface area contributed by atoms with E-state index in [4.69, 9.17) is 9.47 Å². The van der Waals surface area contributed by atoms with E-state index in [-0.39, 0.29) is 12.4 Å². The molecule has 0 saturated carbocycles. The van der Waals surface area contributed by atoms with E-state index >= 15 is 0 Å². The summed E-state index contributed by atoms with van der Waals surface area (Å²) in [5.41, 5.74) is 6.69. The standard InChI is InChI=1S/C22H22BrN3O3S/c1-3-28-21(27)11-19-14-30-22(25-19)26-24-12-17-10-18(23)8-9-20(17)29-13-16-6-4-15(2)5-7-16/h4-10,12,14H,3,11,13H2,1-2H3,(H,25,26). The highest BCUT2D eigenvalue weighted by molar-refractivity contribution is 9.10. The van der Waals surface area contributed by atoms with Crippen LogP contribution in [0.15, 0.2) is 57.4 Å². The fraction of sp³-hybridized carbons (Fsp3) is 0.227. The van der Waals surface area contributed by atoms with Crippen LogP contribution in [0.25, 0.3) is 0 Å². The molecule has 1 heterocycles. The van der Waals surface area contributed by atoms with Crippen molar-refractivity contribution in [1.29, 1.82) is 0 Å². The Kier molecular flexibility index (Phi) is 7.98. The molecule has 3 aromatic rings. The van der Waals surface area contributed by atoms with Gasteiger partial charge in [-0.25, -0.2) is 4.98 Å². The Morgan fingerprint density at radius 1 is 1.27 bits per heavy atom. The average Bonchev–Trinajstić information content (AvgIpc) is 3.16. The summed E-state index contributed by atoms with van der Waals surface area (Å²) in [6, 6.07) is 14.0. The number of esters is 1. The molecule has 1 N–H and O–H groups in total. The van der Waals surface area contributed by atoms with Gasteiger partial charge in [0.2, 0.25) is 5.13 Å². The molecule has 0 radical (unpaired) electrons. The summed E-state index contributed by atoms with van der Waals surface area (Å²) in [6.45, 7) is 4.67. The summed E-state index contributed by atoms with van der Waals surface area (Å²) in [7, 11) is 0. The van der Waals surface area contributed by atoms with Gasteiger partial charge in [-0.05, 0) is 37.6 Å². The first-order valence-electron chi connectivity index (χ1n) is 9.40. The number of benzene rings is 2. The highest BCUT2D eigenvalue weighted by atomic mass is 79.9. The van der Waals surface area contributed by atoms with Gasteiger partial charge < -0.3 is 9.47 Å². The second kappa shape index (κ2) is 10.9. The smallest absolute Gasteiger partial charge is 0.311 e. The second-order valence-electron chi connectivity index (χ2n) is 6.45. The Bertz CT molecular complexity index is 1020. The first kappa shape index (κ1) is 22.0. The van der Waals surface area contributed by atoms with Crippen LogP contribution in [0.5, 0.6) is 5.75 Å². The maximum absolute atomic E-state index is 11.5. The van der Waals surface area contributed by atoms with Crippen LogP contribution in [-0.2, 0) is 22.6 Å². The number of nitrogens with one attached hydrogen (secondary N) is 1. The number of thiazole rings is 1. The van der Waals surface area contributed by atoms with Crippen molar-refractivity contribution in [3.05, 3.63) is 74.7 Å². The van der Waals surface area contributed by atoms with Gasteiger partial charge in [0.1, 0.15) is 12.4 Å². The summed E-state index contributed by atoms with van der Waals surface area (Å²) in [4.78, 5) is 15.9. The Balaban J connectivity index is 1.62. The van der Waals surface area contributed by atoms with Crippen molar-refractivity contribution in [1.82, 2.24) is 4.98 Å². The fourth-order valence-corrected chi connectivity index (χ4v) is 3.59. The minimum Gasteiger partial charge on any atom is -0.488 e. The van der Waals surface area contributed by atoms with Gasteiger partial charge in [-0.2, -0.15) is 5.10 Å². The molecule has 0 spiro atoms. The molecule has 2 aromatic carbocycles. The molecule has 1 aromatic heterocycles. The average molecular weight is 488 g/mol. The SMILES string of the molecule is CCOC(=O)Cc1csc(NN=Cc2cc(Br)ccc2OCc2ccc(C)cc2)n1. The summed E-state index contributed by atoms with van der Waals surface area (Å²) in [5, 5.41) is 6.67. The molecule has 8 heteroatoms. The topological polar surface area (TPSA) is 72.8 Å². The molecule has 6 nitrogen and oxygen atoms in total. The van der Waals surface area contributed by atoms with Gasteiger partial charge in [-0.1, -0.05) is 45.8 Å². The number of hydrogen-bond acceptors (Lipinski definition) is 7. The third kappa shape index (κ3) is 6.67. The first-order valence-corrected chi connectivity index (χ1v) is 11.1. The number of anilines is 1. The van der Waals surface area contributed by atoms with Crippen LogP contribution < -0.4 is 10.2 Å². The van der Waals surface area contributed by atoms with E-state index in [1.807, 2.05) is 23.6 Å². The number of aromatic nitrogens is 1. The zero-order valence-electron chi connectivity index (χ0n) is 16.7. The summed E-state index contributed by atoms with van der Waals surface area (Å²) < 4.78 is 11.9. The van der Waals surface area contributed by atoms with E-state index in [0.717, 1.165) is 21.3 Å². The zero-order valence-corrected chi connectivity index (χ0v) is 19.1. The number of nitrogens with zero attached hydrogens (tertiary/aromatic N) is 2. The molecule has 0 aliphatic heterocycles. The first-order chi connectivity index (χ1) is 14.5. The van der Waals surface area contributed by atoms with Crippen LogP contribution in [-0.4, -0.2) is 23.8 Å². The van der Waals surface area contributed by atoms with Crippen molar-refractivity contribution < 1.29 is 14.3 Å². The van der Waals surface area contributed by atoms with Gasteiger partial charge in [-0.3, -0.25) is 10.2 Å². The van der Waals surface area contributed by atoms with E-state index in [1.165, 1.54) is 16.9 Å². The molecule has 30 heavy (non-hydrogen) atoms. The quantitative estimate of drug-likeness (QED) is 0.250. The third-order valence-electron chi connectivity index (χ3n) is 4.03. The molecular formula is C22H22BrN3O3S. The van der Waals surface area contributed by atoms with E-state index in [9.17, 15) is 4.79 Å². The molecule has 0 bridgehead atoms. The monoisotopic (exact) mass is 487 g/mol. The third-order valence-corrected chi connectivity index (χ3v) is 5.32. The number of halogens is 1. The lowest BCUT2D eigenvalue weighted by Crippen LogP contribution is -2.07. The van der Waals surface area contributed by atoms with Gasteiger partial charge in [0, 0.05) is 15.4 Å². The lowest BCUT2D eigenvalue weighted by atomic mass is 10.1. The summed E-state index contributed by atoms with van der Waals surface area (Å²) in [6.07, 6.45) is 1.83. The van der Waals surface area contributed by atoms with E-state index in [1.54, 1.807) is 13.1 Å². The van der Waals surface area contributed by atoms with E-state index in [0.29, 0.717) is 24.0 Å². The van der Waals surface area contributed by atoms with Gasteiger partial charge in [0.05, 0.1) is 24.9 Å². The Labute approximate surface area is 188 Å². The molecule has 0 fully saturated rings. The highest BCUT2D eigenvalue weighted by Gasteiger charge is 2.08. The van der Waals surface area contributed by atoms with Crippen LogP contribution >= 0.6 is 27.3 Å². The summed E-state index contributed by atoms with van der Waals surface area (Å²) in [5.74, 6) is 0.439. The molecule has 0 atom stereocenters. The number of carbonyl (C=O) groups excluding carboxylic acids is 1. The lowest BCUT2D eigenvalue weighted by Gasteiger charge is -2.10. The number of aryl methyl sites for hydroxylation is 1. The Morgan fingerprint density at radius 3 is 2.83 bits per heavy atom. The summed E-state index contributed by atoms with van der Waals surface area (Å²) >= 11 is 4.86. The molecule has 0 aliphatic rings. The Hall–Kier alpha value is -2.71. The van der Waals surface area contributed by atoms with E-state index in [2.05, 4.69) is 62.6 Å². The van der Waals surface area contributed by atoms with Crippen LogP contribution in [0.4, 0.5) is 5.13 Å². The molecule has 0 aliphatic carbocycles. The zero-order chi connectivity index (χ0) is 21.3. The number of carbonyl (C=O) groups is 1. The predicted molar refractivity (Wildman–Crippen MR) is 123 cm³/mol. The molecular weight excluding hydrogens is 466 g/mol. The number of hydrogen-bond donors (Lipinski definition) is 1. The van der Waals surface area contributed by atoms with Crippen molar-refractivity contribution in [2.75, 3.05) is 12.0 Å².